The van der Waals surface area contributed by atoms with E-state index in [4.69, 9.17) is 5.73 Å². The second kappa shape index (κ2) is 4.07. The first kappa shape index (κ1) is 9.01. The van der Waals surface area contributed by atoms with Gasteiger partial charge in [-0.25, -0.2) is 0 Å². The summed E-state index contributed by atoms with van der Waals surface area (Å²) in [5.74, 6) is 1.92. The van der Waals surface area contributed by atoms with Gasteiger partial charge in [0, 0.05) is 6.04 Å². The fourth-order valence-electron chi connectivity index (χ4n) is 1.39. The number of nitrogens with one attached hydrogen (secondary N) is 1. The zero-order valence-electron chi connectivity index (χ0n) is 7.64. The topological polar surface area (TPSA) is 38.0 Å². The second-order valence-corrected chi connectivity index (χ2v) is 3.86. The highest BCUT2D eigenvalue weighted by Gasteiger charge is 2.31. The standard InChI is InChI=1S/C9H20N2/c1-7-5-9(7)6-11-8(2)3-4-10/h7-9,11H,3-6,10H2,1-2H3. The first-order valence-corrected chi connectivity index (χ1v) is 4.67. The molecule has 0 aromatic carbocycles. The summed E-state index contributed by atoms with van der Waals surface area (Å²) in [5, 5.41) is 3.50. The Morgan fingerprint density at radius 3 is 2.73 bits per heavy atom. The van der Waals surface area contributed by atoms with Crippen molar-refractivity contribution in [2.45, 2.75) is 32.7 Å². The fourth-order valence-corrected chi connectivity index (χ4v) is 1.39. The predicted octanol–water partition coefficient (Wildman–Crippen LogP) is 0.969. The van der Waals surface area contributed by atoms with Gasteiger partial charge in [-0.3, -0.25) is 0 Å². The summed E-state index contributed by atoms with van der Waals surface area (Å²) < 4.78 is 0. The van der Waals surface area contributed by atoms with Crippen molar-refractivity contribution < 1.29 is 0 Å². The highest BCUT2D eigenvalue weighted by Crippen LogP contribution is 2.36. The lowest BCUT2D eigenvalue weighted by Crippen LogP contribution is -2.30. The summed E-state index contributed by atoms with van der Waals surface area (Å²) in [5.41, 5.74) is 5.44. The molecule has 0 aliphatic heterocycles. The molecule has 1 rings (SSSR count). The van der Waals surface area contributed by atoms with E-state index in [-0.39, 0.29) is 0 Å². The summed E-state index contributed by atoms with van der Waals surface area (Å²) in [4.78, 5) is 0. The molecule has 1 aliphatic carbocycles. The normalized spacial score (nSPS) is 31.9. The minimum atomic E-state index is 0.604. The first-order chi connectivity index (χ1) is 5.24. The van der Waals surface area contributed by atoms with Gasteiger partial charge in [-0.1, -0.05) is 6.92 Å². The van der Waals surface area contributed by atoms with Crippen molar-refractivity contribution in [2.24, 2.45) is 17.6 Å². The Labute approximate surface area is 69.5 Å². The molecule has 0 aromatic rings. The zero-order chi connectivity index (χ0) is 8.27. The van der Waals surface area contributed by atoms with Crippen molar-refractivity contribution in [1.29, 1.82) is 0 Å². The van der Waals surface area contributed by atoms with Gasteiger partial charge in [-0.15, -0.1) is 0 Å². The monoisotopic (exact) mass is 156 g/mol. The molecular formula is C9H20N2. The number of hydrogen-bond donors (Lipinski definition) is 2. The van der Waals surface area contributed by atoms with E-state index in [1.807, 2.05) is 0 Å². The average molecular weight is 156 g/mol. The lowest BCUT2D eigenvalue weighted by atomic mass is 10.2. The lowest BCUT2D eigenvalue weighted by molar-refractivity contribution is 0.495. The summed E-state index contributed by atoms with van der Waals surface area (Å²) in [6, 6.07) is 0.604. The molecule has 66 valence electrons. The summed E-state index contributed by atoms with van der Waals surface area (Å²) in [7, 11) is 0. The Morgan fingerprint density at radius 2 is 2.27 bits per heavy atom. The highest BCUT2D eigenvalue weighted by molar-refractivity contribution is 4.84. The van der Waals surface area contributed by atoms with Crippen LogP contribution in [0.15, 0.2) is 0 Å². The average Bonchev–Trinajstić information content (AvgIpc) is 2.63. The van der Waals surface area contributed by atoms with Crippen LogP contribution in [0.4, 0.5) is 0 Å². The van der Waals surface area contributed by atoms with Gasteiger partial charge in [0.05, 0.1) is 0 Å². The zero-order valence-corrected chi connectivity index (χ0v) is 7.64. The Bertz CT molecular complexity index is 114. The molecule has 3 N–H and O–H groups in total. The van der Waals surface area contributed by atoms with Crippen molar-refractivity contribution >= 4 is 0 Å². The van der Waals surface area contributed by atoms with Crippen LogP contribution in [-0.4, -0.2) is 19.1 Å². The molecule has 1 fully saturated rings. The molecular weight excluding hydrogens is 136 g/mol. The van der Waals surface area contributed by atoms with Gasteiger partial charge >= 0.3 is 0 Å². The quantitative estimate of drug-likeness (QED) is 0.622. The summed E-state index contributed by atoms with van der Waals surface area (Å²) >= 11 is 0. The minimum Gasteiger partial charge on any atom is -0.330 e. The van der Waals surface area contributed by atoms with Crippen LogP contribution in [-0.2, 0) is 0 Å². The van der Waals surface area contributed by atoms with E-state index in [0.29, 0.717) is 6.04 Å². The van der Waals surface area contributed by atoms with Crippen molar-refractivity contribution in [3.8, 4) is 0 Å². The van der Waals surface area contributed by atoms with Gasteiger partial charge in [-0.2, -0.15) is 0 Å². The predicted molar refractivity (Wildman–Crippen MR) is 48.4 cm³/mol. The van der Waals surface area contributed by atoms with Crippen LogP contribution >= 0.6 is 0 Å². The lowest BCUT2D eigenvalue weighted by Gasteiger charge is -2.11. The van der Waals surface area contributed by atoms with Gasteiger partial charge in [0.25, 0.3) is 0 Å². The van der Waals surface area contributed by atoms with E-state index in [2.05, 4.69) is 19.2 Å². The number of rotatable bonds is 5. The van der Waals surface area contributed by atoms with Gasteiger partial charge in [0.15, 0.2) is 0 Å². The van der Waals surface area contributed by atoms with Crippen LogP contribution in [0.5, 0.6) is 0 Å². The van der Waals surface area contributed by atoms with Crippen molar-refractivity contribution in [2.75, 3.05) is 13.1 Å². The second-order valence-electron chi connectivity index (χ2n) is 3.86. The molecule has 11 heavy (non-hydrogen) atoms. The van der Waals surface area contributed by atoms with Crippen LogP contribution in [0.25, 0.3) is 0 Å². The third-order valence-corrected chi connectivity index (χ3v) is 2.60. The van der Waals surface area contributed by atoms with E-state index in [9.17, 15) is 0 Å². The van der Waals surface area contributed by atoms with Crippen molar-refractivity contribution in [3.05, 3.63) is 0 Å². The van der Waals surface area contributed by atoms with E-state index >= 15 is 0 Å². The molecule has 2 nitrogen and oxygen atoms in total. The molecule has 0 spiro atoms. The third-order valence-electron chi connectivity index (χ3n) is 2.60. The smallest absolute Gasteiger partial charge is 0.00508 e. The Balaban J connectivity index is 1.94. The van der Waals surface area contributed by atoms with E-state index in [1.54, 1.807) is 0 Å². The highest BCUT2D eigenvalue weighted by atomic mass is 14.9. The van der Waals surface area contributed by atoms with Crippen LogP contribution in [0.2, 0.25) is 0 Å². The molecule has 0 bridgehead atoms. The van der Waals surface area contributed by atoms with Crippen LogP contribution < -0.4 is 11.1 Å². The number of hydrogen-bond acceptors (Lipinski definition) is 2. The molecule has 3 atom stereocenters. The largest absolute Gasteiger partial charge is 0.330 e. The van der Waals surface area contributed by atoms with Gasteiger partial charge in [0.2, 0.25) is 0 Å². The molecule has 1 aliphatic rings. The molecule has 0 amide bonds. The molecule has 2 heteroatoms. The number of nitrogens with two attached hydrogens (primary N) is 1. The summed E-state index contributed by atoms with van der Waals surface area (Å²) in [6.07, 6.45) is 2.52. The SMILES string of the molecule is CC(CCN)NCC1CC1C. The van der Waals surface area contributed by atoms with Crippen LogP contribution in [0, 0.1) is 11.8 Å². The van der Waals surface area contributed by atoms with E-state index in [1.165, 1.54) is 13.0 Å². The van der Waals surface area contributed by atoms with Crippen molar-refractivity contribution in [3.63, 3.8) is 0 Å². The Hall–Kier alpha value is -0.0800. The Morgan fingerprint density at radius 1 is 1.64 bits per heavy atom. The molecule has 0 aromatic heterocycles. The third kappa shape index (κ3) is 3.21. The summed E-state index contributed by atoms with van der Waals surface area (Å²) in [6.45, 7) is 6.52. The maximum absolute atomic E-state index is 5.44. The molecule has 0 saturated heterocycles. The Kier molecular flexibility index (Phi) is 3.34. The van der Waals surface area contributed by atoms with Gasteiger partial charge in [0.1, 0.15) is 0 Å². The molecule has 0 radical (unpaired) electrons. The first-order valence-electron chi connectivity index (χ1n) is 4.67. The van der Waals surface area contributed by atoms with Crippen molar-refractivity contribution in [1.82, 2.24) is 5.32 Å². The van der Waals surface area contributed by atoms with Crippen LogP contribution in [0.3, 0.4) is 0 Å². The minimum absolute atomic E-state index is 0.604. The van der Waals surface area contributed by atoms with E-state index in [0.717, 1.165) is 24.8 Å². The maximum atomic E-state index is 5.44. The molecule has 0 heterocycles. The molecule has 3 unspecified atom stereocenters. The fraction of sp³-hybridized carbons (Fsp3) is 1.00. The van der Waals surface area contributed by atoms with E-state index < -0.39 is 0 Å². The van der Waals surface area contributed by atoms with Gasteiger partial charge < -0.3 is 11.1 Å². The molecule has 1 saturated carbocycles. The van der Waals surface area contributed by atoms with Gasteiger partial charge in [-0.05, 0) is 44.7 Å². The maximum Gasteiger partial charge on any atom is 0.00508 e. The van der Waals surface area contributed by atoms with Crippen LogP contribution in [0.1, 0.15) is 26.7 Å².